The van der Waals surface area contributed by atoms with Gasteiger partial charge in [-0.15, -0.1) is 0 Å². The smallest absolute Gasteiger partial charge is 0.0591 e. The summed E-state index contributed by atoms with van der Waals surface area (Å²) in [5.41, 5.74) is 5.46. The van der Waals surface area contributed by atoms with Gasteiger partial charge < -0.3 is 10.1 Å². The predicted octanol–water partition coefficient (Wildman–Crippen LogP) is 3.38. The van der Waals surface area contributed by atoms with E-state index in [1.165, 1.54) is 22.3 Å². The standard InChI is InChI=1S/C17H19NO/c1-2-19-12-11-18-17-15-9-5-3-7-13(15)14-8-4-6-10-16(14)17/h3-10,17-18H,2,11-12H2,1H3. The lowest BCUT2D eigenvalue weighted by Crippen LogP contribution is -2.24. The number of hydrogen-bond acceptors (Lipinski definition) is 2. The molecule has 2 aromatic carbocycles. The fraction of sp³-hybridized carbons (Fsp3) is 0.294. The first kappa shape index (κ1) is 12.4. The number of nitrogens with one attached hydrogen (secondary N) is 1. The second-order valence-corrected chi connectivity index (χ2v) is 4.76. The molecule has 19 heavy (non-hydrogen) atoms. The van der Waals surface area contributed by atoms with E-state index >= 15 is 0 Å². The van der Waals surface area contributed by atoms with Gasteiger partial charge in [0, 0.05) is 13.2 Å². The van der Waals surface area contributed by atoms with Crippen LogP contribution in [0.1, 0.15) is 24.1 Å². The molecule has 0 heterocycles. The summed E-state index contributed by atoms with van der Waals surface area (Å²) in [6, 6.07) is 17.6. The van der Waals surface area contributed by atoms with E-state index in [2.05, 4.69) is 53.8 Å². The fourth-order valence-electron chi connectivity index (χ4n) is 2.80. The monoisotopic (exact) mass is 253 g/mol. The minimum absolute atomic E-state index is 0.299. The quantitative estimate of drug-likeness (QED) is 0.825. The summed E-state index contributed by atoms with van der Waals surface area (Å²) in [5.74, 6) is 0. The fourth-order valence-corrected chi connectivity index (χ4v) is 2.80. The minimum atomic E-state index is 0.299. The largest absolute Gasteiger partial charge is 0.380 e. The molecule has 0 amide bonds. The highest BCUT2D eigenvalue weighted by Crippen LogP contribution is 2.42. The Kier molecular flexibility index (Phi) is 3.62. The van der Waals surface area contributed by atoms with Crippen LogP contribution >= 0.6 is 0 Å². The van der Waals surface area contributed by atoms with Gasteiger partial charge in [-0.3, -0.25) is 0 Å². The molecule has 0 saturated carbocycles. The molecule has 0 atom stereocenters. The van der Waals surface area contributed by atoms with Crippen molar-refractivity contribution in [3.63, 3.8) is 0 Å². The maximum Gasteiger partial charge on any atom is 0.0591 e. The van der Waals surface area contributed by atoms with Gasteiger partial charge in [0.1, 0.15) is 0 Å². The van der Waals surface area contributed by atoms with E-state index in [1.54, 1.807) is 0 Å². The van der Waals surface area contributed by atoms with Gasteiger partial charge in [0.15, 0.2) is 0 Å². The first-order chi connectivity index (χ1) is 9.42. The van der Waals surface area contributed by atoms with Crippen LogP contribution in [0.25, 0.3) is 11.1 Å². The summed E-state index contributed by atoms with van der Waals surface area (Å²) in [7, 11) is 0. The Balaban J connectivity index is 1.87. The summed E-state index contributed by atoms with van der Waals surface area (Å²) < 4.78 is 5.41. The third-order valence-corrected chi connectivity index (χ3v) is 3.63. The van der Waals surface area contributed by atoms with Crippen molar-refractivity contribution in [1.29, 1.82) is 0 Å². The number of rotatable bonds is 5. The lowest BCUT2D eigenvalue weighted by molar-refractivity contribution is 0.148. The topological polar surface area (TPSA) is 21.3 Å². The molecular weight excluding hydrogens is 234 g/mol. The molecule has 2 heteroatoms. The van der Waals surface area contributed by atoms with Crippen molar-refractivity contribution < 1.29 is 4.74 Å². The average molecular weight is 253 g/mol. The summed E-state index contributed by atoms with van der Waals surface area (Å²) >= 11 is 0. The molecule has 0 saturated heterocycles. The van der Waals surface area contributed by atoms with E-state index < -0.39 is 0 Å². The molecular formula is C17H19NO. The van der Waals surface area contributed by atoms with E-state index in [0.717, 1.165) is 19.8 Å². The van der Waals surface area contributed by atoms with Gasteiger partial charge in [-0.2, -0.15) is 0 Å². The van der Waals surface area contributed by atoms with Crippen LogP contribution in [0.15, 0.2) is 48.5 Å². The number of benzene rings is 2. The van der Waals surface area contributed by atoms with Gasteiger partial charge in [-0.1, -0.05) is 48.5 Å². The van der Waals surface area contributed by atoms with Gasteiger partial charge in [-0.25, -0.2) is 0 Å². The van der Waals surface area contributed by atoms with Crippen LogP contribution in [0.2, 0.25) is 0 Å². The van der Waals surface area contributed by atoms with Crippen molar-refractivity contribution >= 4 is 0 Å². The lowest BCUT2D eigenvalue weighted by Gasteiger charge is -2.15. The molecule has 0 fully saturated rings. The molecule has 2 aromatic rings. The van der Waals surface area contributed by atoms with E-state index in [9.17, 15) is 0 Å². The van der Waals surface area contributed by atoms with E-state index in [4.69, 9.17) is 4.74 Å². The van der Waals surface area contributed by atoms with Crippen LogP contribution < -0.4 is 5.32 Å². The van der Waals surface area contributed by atoms with E-state index in [0.29, 0.717) is 6.04 Å². The van der Waals surface area contributed by atoms with Crippen LogP contribution in [0.5, 0.6) is 0 Å². The van der Waals surface area contributed by atoms with Crippen LogP contribution in [0.4, 0.5) is 0 Å². The van der Waals surface area contributed by atoms with Gasteiger partial charge >= 0.3 is 0 Å². The Morgan fingerprint density at radius 2 is 1.53 bits per heavy atom. The zero-order valence-electron chi connectivity index (χ0n) is 11.2. The maximum absolute atomic E-state index is 5.41. The lowest BCUT2D eigenvalue weighted by atomic mass is 10.1. The Morgan fingerprint density at radius 1 is 0.947 bits per heavy atom. The summed E-state index contributed by atoms with van der Waals surface area (Å²) in [4.78, 5) is 0. The Bertz CT molecular complexity index is 519. The van der Waals surface area contributed by atoms with Crippen molar-refractivity contribution in [3.8, 4) is 11.1 Å². The molecule has 0 aromatic heterocycles. The maximum atomic E-state index is 5.41. The van der Waals surface area contributed by atoms with Crippen LogP contribution in [0, 0.1) is 0 Å². The molecule has 0 aliphatic heterocycles. The SMILES string of the molecule is CCOCCNC1c2ccccc2-c2ccccc21. The van der Waals surface area contributed by atoms with Gasteiger partial charge in [0.25, 0.3) is 0 Å². The first-order valence-electron chi connectivity index (χ1n) is 6.91. The predicted molar refractivity (Wildman–Crippen MR) is 78.2 cm³/mol. The van der Waals surface area contributed by atoms with Crippen molar-refractivity contribution in [1.82, 2.24) is 5.32 Å². The number of fused-ring (bicyclic) bond motifs is 3. The molecule has 0 bridgehead atoms. The minimum Gasteiger partial charge on any atom is -0.380 e. The Morgan fingerprint density at radius 3 is 2.11 bits per heavy atom. The zero-order chi connectivity index (χ0) is 13.1. The van der Waals surface area contributed by atoms with E-state index in [-0.39, 0.29) is 0 Å². The van der Waals surface area contributed by atoms with Crippen molar-refractivity contribution in [2.24, 2.45) is 0 Å². The van der Waals surface area contributed by atoms with Crippen LogP contribution in [0.3, 0.4) is 0 Å². The molecule has 0 unspecified atom stereocenters. The van der Waals surface area contributed by atoms with Gasteiger partial charge in [-0.05, 0) is 29.2 Å². The third-order valence-electron chi connectivity index (χ3n) is 3.63. The highest BCUT2D eigenvalue weighted by molar-refractivity contribution is 5.78. The number of ether oxygens (including phenoxy) is 1. The molecule has 1 N–H and O–H groups in total. The molecule has 1 aliphatic carbocycles. The molecule has 0 spiro atoms. The molecule has 1 aliphatic rings. The first-order valence-corrected chi connectivity index (χ1v) is 6.91. The van der Waals surface area contributed by atoms with Crippen LogP contribution in [-0.2, 0) is 4.74 Å². The van der Waals surface area contributed by atoms with Crippen molar-refractivity contribution in [2.45, 2.75) is 13.0 Å². The molecule has 3 rings (SSSR count). The molecule has 98 valence electrons. The molecule has 2 nitrogen and oxygen atoms in total. The zero-order valence-corrected chi connectivity index (χ0v) is 11.2. The van der Waals surface area contributed by atoms with Crippen molar-refractivity contribution in [2.75, 3.05) is 19.8 Å². The normalized spacial score (nSPS) is 13.3. The highest BCUT2D eigenvalue weighted by atomic mass is 16.5. The van der Waals surface area contributed by atoms with E-state index in [1.807, 2.05) is 6.92 Å². The summed E-state index contributed by atoms with van der Waals surface area (Å²) in [6.07, 6.45) is 0. The average Bonchev–Trinajstić information content (AvgIpc) is 2.78. The van der Waals surface area contributed by atoms with Crippen LogP contribution in [-0.4, -0.2) is 19.8 Å². The summed E-state index contributed by atoms with van der Waals surface area (Å²) in [6.45, 7) is 4.44. The second-order valence-electron chi connectivity index (χ2n) is 4.76. The number of hydrogen-bond donors (Lipinski definition) is 1. The Hall–Kier alpha value is -1.64. The Labute approximate surface area is 114 Å². The van der Waals surface area contributed by atoms with Gasteiger partial charge in [0.2, 0.25) is 0 Å². The summed E-state index contributed by atoms with van der Waals surface area (Å²) in [5, 5.41) is 3.60. The third kappa shape index (κ3) is 2.29. The highest BCUT2D eigenvalue weighted by Gasteiger charge is 2.26. The van der Waals surface area contributed by atoms with Crippen molar-refractivity contribution in [3.05, 3.63) is 59.7 Å². The van der Waals surface area contributed by atoms with Gasteiger partial charge in [0.05, 0.1) is 12.6 Å². The second kappa shape index (κ2) is 5.55. The molecule has 0 radical (unpaired) electrons.